The summed E-state index contributed by atoms with van der Waals surface area (Å²) >= 11 is 3.06. The predicted molar refractivity (Wildman–Crippen MR) is 129 cm³/mol. The monoisotopic (exact) mass is 468 g/mol. The number of carbonyl (C=O) groups is 1. The summed E-state index contributed by atoms with van der Waals surface area (Å²) in [5, 5.41) is 0.713. The second-order valence-electron chi connectivity index (χ2n) is 7.63. The Balaban J connectivity index is 1.42. The number of ether oxygens (including phenoxy) is 2. The van der Waals surface area contributed by atoms with Crippen molar-refractivity contribution in [2.45, 2.75) is 6.42 Å². The van der Waals surface area contributed by atoms with Gasteiger partial charge >= 0.3 is 0 Å². The van der Waals surface area contributed by atoms with Gasteiger partial charge in [-0.25, -0.2) is 9.97 Å². The first-order chi connectivity index (χ1) is 15.7. The second kappa shape index (κ2) is 9.50. The Morgan fingerprint density at radius 1 is 1.16 bits per heavy atom. The van der Waals surface area contributed by atoms with E-state index in [1.165, 1.54) is 11.3 Å². The molecule has 2 aromatic carbocycles. The summed E-state index contributed by atoms with van der Waals surface area (Å²) in [6, 6.07) is 11.5. The zero-order chi connectivity index (χ0) is 21.9. The molecule has 0 bridgehead atoms. The van der Waals surface area contributed by atoms with E-state index in [4.69, 9.17) is 14.5 Å². The van der Waals surface area contributed by atoms with Gasteiger partial charge in [0.2, 0.25) is 0 Å². The molecule has 0 spiro atoms. The molecule has 0 radical (unpaired) electrons. The van der Waals surface area contributed by atoms with Gasteiger partial charge in [0.15, 0.2) is 5.13 Å². The molecule has 0 saturated carbocycles. The van der Waals surface area contributed by atoms with E-state index in [0.29, 0.717) is 17.2 Å². The third-order valence-corrected chi connectivity index (χ3v) is 7.43. The average Bonchev–Trinajstić information content (AvgIpc) is 3.47. The van der Waals surface area contributed by atoms with Crippen LogP contribution in [0.15, 0.2) is 41.9 Å². The van der Waals surface area contributed by atoms with E-state index in [9.17, 15) is 4.79 Å². The van der Waals surface area contributed by atoms with Gasteiger partial charge in [0.1, 0.15) is 5.75 Å². The molecule has 1 saturated heterocycles. The van der Waals surface area contributed by atoms with Crippen LogP contribution in [-0.4, -0.2) is 67.3 Å². The highest BCUT2D eigenvalue weighted by Gasteiger charge is 2.22. The number of morpholine rings is 1. The summed E-state index contributed by atoms with van der Waals surface area (Å²) < 4.78 is 12.8. The quantitative estimate of drug-likeness (QED) is 0.403. The van der Waals surface area contributed by atoms with Crippen LogP contribution in [0.25, 0.3) is 20.4 Å². The first-order valence-corrected chi connectivity index (χ1v) is 12.3. The molecule has 3 heterocycles. The number of hydrogen-bond donors (Lipinski definition) is 0. The van der Waals surface area contributed by atoms with E-state index in [1.54, 1.807) is 24.0 Å². The van der Waals surface area contributed by atoms with Gasteiger partial charge in [-0.3, -0.25) is 14.6 Å². The van der Waals surface area contributed by atoms with E-state index in [-0.39, 0.29) is 5.91 Å². The van der Waals surface area contributed by atoms with Gasteiger partial charge in [-0.1, -0.05) is 11.3 Å². The number of methoxy groups -OCH3 is 1. The fourth-order valence-electron chi connectivity index (χ4n) is 3.84. The highest BCUT2D eigenvalue weighted by atomic mass is 32.1. The number of benzene rings is 2. The molecule has 5 rings (SSSR count). The Labute approximate surface area is 194 Å². The maximum absolute atomic E-state index is 13.6. The summed E-state index contributed by atoms with van der Waals surface area (Å²) in [5.74, 6) is 0.752. The fourth-order valence-corrected chi connectivity index (χ4v) is 5.58. The summed E-state index contributed by atoms with van der Waals surface area (Å²) in [6.07, 6.45) is 0.869. The Bertz CT molecular complexity index is 1230. The molecule has 0 aliphatic carbocycles. The average molecular weight is 469 g/mol. The van der Waals surface area contributed by atoms with Crippen molar-refractivity contribution < 1.29 is 14.3 Å². The van der Waals surface area contributed by atoms with Crippen molar-refractivity contribution in [1.82, 2.24) is 14.9 Å². The van der Waals surface area contributed by atoms with Crippen molar-refractivity contribution in [2.24, 2.45) is 0 Å². The van der Waals surface area contributed by atoms with Gasteiger partial charge in [-0.15, -0.1) is 11.3 Å². The van der Waals surface area contributed by atoms with Crippen LogP contribution in [0.5, 0.6) is 5.75 Å². The van der Waals surface area contributed by atoms with Crippen LogP contribution >= 0.6 is 22.7 Å². The SMILES string of the molecule is COc1ccc2nc(N(CCCN3CCOCC3)C(=O)c3ccc4ncsc4c3)sc2c1. The minimum Gasteiger partial charge on any atom is -0.497 e. The van der Waals surface area contributed by atoms with Gasteiger partial charge in [-0.05, 0) is 42.8 Å². The third-order valence-electron chi connectivity index (χ3n) is 5.60. The van der Waals surface area contributed by atoms with E-state index < -0.39 is 0 Å². The standard InChI is InChI=1S/C23H24N4O3S2/c1-29-17-4-6-19-21(14-17)32-23(25-19)27(8-2-7-26-9-11-30-12-10-26)22(28)16-3-5-18-20(13-16)31-15-24-18/h3-6,13-15H,2,7-12H2,1H3. The largest absolute Gasteiger partial charge is 0.497 e. The van der Waals surface area contributed by atoms with Gasteiger partial charge < -0.3 is 9.47 Å². The minimum absolute atomic E-state index is 0.0340. The minimum atomic E-state index is -0.0340. The topological polar surface area (TPSA) is 67.8 Å². The highest BCUT2D eigenvalue weighted by molar-refractivity contribution is 7.22. The summed E-state index contributed by atoms with van der Waals surface area (Å²) in [7, 11) is 1.65. The maximum atomic E-state index is 13.6. The molecule has 9 heteroatoms. The number of carbonyl (C=O) groups excluding carboxylic acids is 1. The van der Waals surface area contributed by atoms with Gasteiger partial charge in [0.25, 0.3) is 5.91 Å². The van der Waals surface area contributed by atoms with Crippen molar-refractivity contribution >= 4 is 54.1 Å². The molecule has 1 amide bonds. The Kier molecular flexibility index (Phi) is 6.31. The second-order valence-corrected chi connectivity index (χ2v) is 9.52. The predicted octanol–water partition coefficient (Wildman–Crippen LogP) is 4.28. The highest BCUT2D eigenvalue weighted by Crippen LogP contribution is 2.32. The van der Waals surface area contributed by atoms with E-state index >= 15 is 0 Å². The lowest BCUT2D eigenvalue weighted by molar-refractivity contribution is 0.0376. The molecular weight excluding hydrogens is 444 g/mol. The molecule has 0 N–H and O–H groups in total. The summed E-state index contributed by atoms with van der Waals surface area (Å²) in [4.78, 5) is 26.9. The Hall–Kier alpha value is -2.59. The van der Waals surface area contributed by atoms with Gasteiger partial charge in [0.05, 0.1) is 46.3 Å². The van der Waals surface area contributed by atoms with Gasteiger partial charge in [-0.2, -0.15) is 0 Å². The normalized spacial score (nSPS) is 14.8. The van der Waals surface area contributed by atoms with Crippen LogP contribution in [0.3, 0.4) is 0 Å². The van der Waals surface area contributed by atoms with Crippen LogP contribution in [0.2, 0.25) is 0 Å². The van der Waals surface area contributed by atoms with Crippen LogP contribution in [-0.2, 0) is 4.74 Å². The number of thiazole rings is 2. The molecule has 2 aromatic heterocycles. The first kappa shape index (κ1) is 21.3. The molecular formula is C23H24N4O3S2. The fraction of sp³-hybridized carbons (Fsp3) is 0.348. The molecule has 0 unspecified atom stereocenters. The zero-order valence-electron chi connectivity index (χ0n) is 17.8. The summed E-state index contributed by atoms with van der Waals surface area (Å²) in [6.45, 7) is 4.97. The molecule has 166 valence electrons. The Morgan fingerprint density at radius 2 is 2.00 bits per heavy atom. The van der Waals surface area contributed by atoms with Crippen LogP contribution < -0.4 is 9.64 Å². The van der Waals surface area contributed by atoms with E-state index in [0.717, 1.165) is 65.5 Å². The number of aromatic nitrogens is 2. The molecule has 7 nitrogen and oxygen atoms in total. The molecule has 1 aliphatic heterocycles. The lowest BCUT2D eigenvalue weighted by Crippen LogP contribution is -2.39. The van der Waals surface area contributed by atoms with Gasteiger partial charge in [0, 0.05) is 31.7 Å². The third kappa shape index (κ3) is 4.47. The van der Waals surface area contributed by atoms with Crippen LogP contribution in [0.1, 0.15) is 16.8 Å². The smallest absolute Gasteiger partial charge is 0.260 e. The first-order valence-electron chi connectivity index (χ1n) is 10.6. The lowest BCUT2D eigenvalue weighted by Gasteiger charge is -2.27. The zero-order valence-corrected chi connectivity index (χ0v) is 19.5. The van der Waals surface area contributed by atoms with Crippen molar-refractivity contribution in [1.29, 1.82) is 0 Å². The molecule has 1 fully saturated rings. The van der Waals surface area contributed by atoms with Crippen molar-refractivity contribution in [2.75, 3.05) is 51.4 Å². The Morgan fingerprint density at radius 3 is 2.84 bits per heavy atom. The maximum Gasteiger partial charge on any atom is 0.260 e. The summed E-state index contributed by atoms with van der Waals surface area (Å²) in [5.41, 5.74) is 4.25. The van der Waals surface area contributed by atoms with Crippen molar-refractivity contribution in [3.8, 4) is 5.75 Å². The van der Waals surface area contributed by atoms with E-state index in [1.807, 2.05) is 41.3 Å². The number of rotatable bonds is 7. The van der Waals surface area contributed by atoms with Crippen LogP contribution in [0.4, 0.5) is 5.13 Å². The number of nitrogens with zero attached hydrogens (tertiary/aromatic N) is 4. The number of anilines is 1. The van der Waals surface area contributed by atoms with Crippen molar-refractivity contribution in [3.63, 3.8) is 0 Å². The molecule has 0 atom stereocenters. The van der Waals surface area contributed by atoms with Crippen molar-refractivity contribution in [3.05, 3.63) is 47.5 Å². The lowest BCUT2D eigenvalue weighted by atomic mass is 10.2. The number of fused-ring (bicyclic) bond motifs is 2. The van der Waals surface area contributed by atoms with E-state index in [2.05, 4.69) is 9.88 Å². The molecule has 4 aromatic rings. The van der Waals surface area contributed by atoms with Crippen LogP contribution in [0, 0.1) is 0 Å². The number of amides is 1. The molecule has 32 heavy (non-hydrogen) atoms. The number of hydrogen-bond acceptors (Lipinski definition) is 8. The molecule has 1 aliphatic rings.